The Morgan fingerprint density at radius 3 is 2.67 bits per heavy atom. The number of rotatable bonds is 3. The Morgan fingerprint density at radius 1 is 1.06 bits per heavy atom. The Kier molecular flexibility index (Phi) is 4.29. The number of hydrogen-bond acceptors (Lipinski definition) is 5. The van der Waals surface area contributed by atoms with E-state index in [9.17, 15) is 9.59 Å². The van der Waals surface area contributed by atoms with E-state index in [-0.39, 0.29) is 11.7 Å². The van der Waals surface area contributed by atoms with Crippen LogP contribution >= 0.6 is 0 Å². The summed E-state index contributed by atoms with van der Waals surface area (Å²) in [6.45, 7) is 0.513. The number of amides is 2. The van der Waals surface area contributed by atoms with E-state index in [1.807, 2.05) is 60.7 Å². The quantitative estimate of drug-likeness (QED) is 0.480. The Bertz CT molecular complexity index is 1420. The number of aliphatic imine (C=N–C) groups is 1. The summed E-state index contributed by atoms with van der Waals surface area (Å²) in [7, 11) is 0. The van der Waals surface area contributed by atoms with Gasteiger partial charge in [0.15, 0.2) is 5.76 Å². The number of nitrogen functional groups attached to an aromatic ring is 1. The minimum Gasteiger partial charge on any atom is -0.451 e. The molecule has 1 unspecified atom stereocenters. The first-order valence-corrected chi connectivity index (χ1v) is 10.8. The molecular formula is C26H20N4O3. The summed E-state index contributed by atoms with van der Waals surface area (Å²) in [5.41, 5.74) is 11.5. The molecule has 0 fully saturated rings. The van der Waals surface area contributed by atoms with Gasteiger partial charge in [-0.25, -0.2) is 4.99 Å². The Labute approximate surface area is 189 Å². The standard InChI is InChI=1S/C26H20N4O3/c27-18-12-17-10-11-30-23(17)19(14-18)22(15-6-2-1-3-7-15)28-24(26(30)32)29-25(31)21-13-16-8-4-5-9-20(16)33-21/h1-9,12-14,24H,10-11,27H2,(H,29,31). The lowest BCUT2D eigenvalue weighted by atomic mass is 9.97. The van der Waals surface area contributed by atoms with E-state index in [0.29, 0.717) is 29.9 Å². The molecule has 7 nitrogen and oxygen atoms in total. The van der Waals surface area contributed by atoms with Crippen LogP contribution in [0.3, 0.4) is 0 Å². The molecule has 0 aliphatic carbocycles. The lowest BCUT2D eigenvalue weighted by molar-refractivity contribution is -0.120. The van der Waals surface area contributed by atoms with Gasteiger partial charge in [0.05, 0.1) is 11.4 Å². The summed E-state index contributed by atoms with van der Waals surface area (Å²) in [5, 5.41) is 3.60. The largest absolute Gasteiger partial charge is 0.451 e. The monoisotopic (exact) mass is 436 g/mol. The van der Waals surface area contributed by atoms with Crippen LogP contribution < -0.4 is 16.0 Å². The van der Waals surface area contributed by atoms with Crippen molar-refractivity contribution in [3.8, 4) is 0 Å². The van der Waals surface area contributed by atoms with Crippen molar-refractivity contribution in [2.75, 3.05) is 17.2 Å². The van der Waals surface area contributed by atoms with E-state index < -0.39 is 12.1 Å². The third-order valence-electron chi connectivity index (χ3n) is 6.06. The molecule has 0 radical (unpaired) electrons. The van der Waals surface area contributed by atoms with Gasteiger partial charge in [-0.1, -0.05) is 48.5 Å². The highest BCUT2D eigenvalue weighted by Crippen LogP contribution is 2.38. The van der Waals surface area contributed by atoms with Gasteiger partial charge in [0.2, 0.25) is 6.17 Å². The summed E-state index contributed by atoms with van der Waals surface area (Å²) < 4.78 is 5.69. The molecular weight excluding hydrogens is 416 g/mol. The van der Waals surface area contributed by atoms with Crippen molar-refractivity contribution in [1.82, 2.24) is 5.32 Å². The first kappa shape index (κ1) is 19.3. The normalized spacial score (nSPS) is 17.0. The topological polar surface area (TPSA) is 101 Å². The number of nitrogens with one attached hydrogen (secondary N) is 1. The fourth-order valence-corrected chi connectivity index (χ4v) is 4.58. The van der Waals surface area contributed by atoms with Crippen LogP contribution in [0.2, 0.25) is 0 Å². The lowest BCUT2D eigenvalue weighted by Gasteiger charge is -2.20. The maximum absolute atomic E-state index is 13.5. The van der Waals surface area contributed by atoms with Crippen molar-refractivity contribution >= 4 is 39.9 Å². The number of benzene rings is 3. The first-order chi connectivity index (χ1) is 16.1. The number of nitrogens with zero attached hydrogens (tertiary/aromatic N) is 2. The molecule has 0 saturated carbocycles. The smallest absolute Gasteiger partial charge is 0.289 e. The van der Waals surface area contributed by atoms with E-state index in [1.165, 1.54) is 0 Å². The van der Waals surface area contributed by atoms with Crippen LogP contribution in [0.5, 0.6) is 0 Å². The van der Waals surface area contributed by atoms with Crippen molar-refractivity contribution < 1.29 is 14.0 Å². The van der Waals surface area contributed by atoms with Crippen molar-refractivity contribution in [1.29, 1.82) is 0 Å². The molecule has 0 bridgehead atoms. The molecule has 6 rings (SSSR count). The predicted molar refractivity (Wildman–Crippen MR) is 126 cm³/mol. The van der Waals surface area contributed by atoms with Gasteiger partial charge in [0, 0.05) is 28.7 Å². The first-order valence-electron chi connectivity index (χ1n) is 10.8. The average molecular weight is 436 g/mol. The minimum atomic E-state index is -1.10. The summed E-state index contributed by atoms with van der Waals surface area (Å²) in [6.07, 6.45) is -0.397. The number of carbonyl (C=O) groups excluding carboxylic acids is 2. The van der Waals surface area contributed by atoms with Gasteiger partial charge in [-0.2, -0.15) is 0 Å². The Hall–Kier alpha value is -4.39. The molecule has 3 aromatic carbocycles. The van der Waals surface area contributed by atoms with E-state index in [0.717, 1.165) is 27.8 Å². The second-order valence-corrected chi connectivity index (χ2v) is 8.18. The zero-order valence-corrected chi connectivity index (χ0v) is 17.6. The molecule has 33 heavy (non-hydrogen) atoms. The molecule has 2 aliphatic heterocycles. The Morgan fingerprint density at radius 2 is 1.85 bits per heavy atom. The number of furan rings is 1. The van der Waals surface area contributed by atoms with Crippen LogP contribution in [-0.4, -0.2) is 30.2 Å². The van der Waals surface area contributed by atoms with Gasteiger partial charge >= 0.3 is 0 Å². The fraction of sp³-hybridized carbons (Fsp3) is 0.115. The van der Waals surface area contributed by atoms with E-state index in [4.69, 9.17) is 15.1 Å². The lowest BCUT2D eigenvalue weighted by Crippen LogP contribution is -2.46. The molecule has 2 amide bonds. The van der Waals surface area contributed by atoms with Gasteiger partial charge in [0.25, 0.3) is 11.8 Å². The third kappa shape index (κ3) is 3.17. The molecule has 2 aliphatic rings. The number of carbonyl (C=O) groups is 2. The summed E-state index contributed by atoms with van der Waals surface area (Å²) in [6, 6.07) is 22.4. The van der Waals surface area contributed by atoms with Gasteiger partial charge in [-0.05, 0) is 36.2 Å². The van der Waals surface area contributed by atoms with E-state index in [1.54, 1.807) is 17.0 Å². The highest BCUT2D eigenvalue weighted by atomic mass is 16.3. The molecule has 1 atom stereocenters. The van der Waals surface area contributed by atoms with Gasteiger partial charge in [-0.3, -0.25) is 9.59 Å². The maximum Gasteiger partial charge on any atom is 0.289 e. The molecule has 4 aromatic rings. The minimum absolute atomic E-state index is 0.133. The zero-order chi connectivity index (χ0) is 22.5. The zero-order valence-electron chi connectivity index (χ0n) is 17.6. The number of anilines is 2. The second-order valence-electron chi connectivity index (χ2n) is 8.18. The van der Waals surface area contributed by atoms with Crippen LogP contribution in [0, 0.1) is 0 Å². The number of nitrogens with two attached hydrogens (primary N) is 1. The second kappa shape index (κ2) is 7.34. The summed E-state index contributed by atoms with van der Waals surface area (Å²) >= 11 is 0. The third-order valence-corrected chi connectivity index (χ3v) is 6.06. The van der Waals surface area contributed by atoms with Crippen molar-refractivity contribution in [2.45, 2.75) is 12.6 Å². The molecule has 7 heteroatoms. The van der Waals surface area contributed by atoms with Crippen molar-refractivity contribution in [3.63, 3.8) is 0 Å². The van der Waals surface area contributed by atoms with Crippen molar-refractivity contribution in [3.05, 3.63) is 95.2 Å². The Balaban J connectivity index is 1.45. The predicted octanol–water partition coefficient (Wildman–Crippen LogP) is 3.51. The van der Waals surface area contributed by atoms with E-state index >= 15 is 0 Å². The van der Waals surface area contributed by atoms with Crippen LogP contribution in [0.4, 0.5) is 11.4 Å². The highest BCUT2D eigenvalue weighted by molar-refractivity contribution is 6.21. The fourth-order valence-electron chi connectivity index (χ4n) is 4.58. The average Bonchev–Trinajstić information content (AvgIpc) is 3.43. The SMILES string of the molecule is Nc1cc2c3c(c1)C(c1ccccc1)=NC(NC(=O)c1cc4ccccc4o1)C(=O)N3CC2. The van der Waals surface area contributed by atoms with Gasteiger partial charge < -0.3 is 20.4 Å². The number of fused-ring (bicyclic) bond motifs is 1. The number of hydrogen-bond donors (Lipinski definition) is 2. The van der Waals surface area contributed by atoms with Crippen LogP contribution in [-0.2, 0) is 11.2 Å². The number of para-hydroxylation sites is 1. The summed E-state index contributed by atoms with van der Waals surface area (Å²) in [4.78, 5) is 33.0. The molecule has 1 aromatic heterocycles. The maximum atomic E-state index is 13.5. The van der Waals surface area contributed by atoms with Crippen molar-refractivity contribution in [2.24, 2.45) is 4.99 Å². The van der Waals surface area contributed by atoms with Gasteiger partial charge in [0.1, 0.15) is 5.58 Å². The highest BCUT2D eigenvalue weighted by Gasteiger charge is 2.37. The van der Waals surface area contributed by atoms with Crippen LogP contribution in [0.15, 0.2) is 82.2 Å². The summed E-state index contributed by atoms with van der Waals surface area (Å²) in [5.74, 6) is -0.644. The van der Waals surface area contributed by atoms with Crippen LogP contribution in [0.1, 0.15) is 27.2 Å². The molecule has 3 N–H and O–H groups in total. The molecule has 3 heterocycles. The van der Waals surface area contributed by atoms with E-state index in [2.05, 4.69) is 5.32 Å². The molecule has 0 saturated heterocycles. The molecule has 0 spiro atoms. The van der Waals surface area contributed by atoms with Crippen LogP contribution in [0.25, 0.3) is 11.0 Å². The van der Waals surface area contributed by atoms with Gasteiger partial charge in [-0.15, -0.1) is 0 Å². The molecule has 162 valence electrons.